The summed E-state index contributed by atoms with van der Waals surface area (Å²) < 4.78 is 61.6. The molecular formula is C8H17F3N4O3S. The number of halogens is 3. The molecule has 0 heterocycles. The highest BCUT2D eigenvalue weighted by Crippen LogP contribution is 2.14. The average molecular weight is 306 g/mol. The number of nitrogens with zero attached hydrogens (tertiary/aromatic N) is 2. The van der Waals surface area contributed by atoms with Gasteiger partial charge in [-0.2, -0.15) is 30.6 Å². The fraction of sp³-hybridized carbons (Fsp3) is 0.875. The molecule has 0 aromatic rings. The van der Waals surface area contributed by atoms with Crippen LogP contribution in [0.25, 0.3) is 0 Å². The molecule has 0 aliphatic heterocycles. The van der Waals surface area contributed by atoms with E-state index in [1.807, 2.05) is 0 Å². The van der Waals surface area contributed by atoms with Crippen LogP contribution in [0.1, 0.15) is 20.3 Å². The Hall–Kier alpha value is -1.07. The van der Waals surface area contributed by atoms with Gasteiger partial charge >= 0.3 is 6.18 Å². The lowest BCUT2D eigenvalue weighted by atomic mass is 10.3. The van der Waals surface area contributed by atoms with Gasteiger partial charge in [0.05, 0.1) is 0 Å². The standard InChI is InChI=1S/C8H17F3N4O3S/c1-6(2)15(4-3-7(12)14-16)19(17,18)13-5-8(9,10)11/h6,13,16H,3-5H2,1-2H3,(H2,12,14). The zero-order valence-electron chi connectivity index (χ0n) is 10.5. The van der Waals surface area contributed by atoms with Crippen molar-refractivity contribution in [3.05, 3.63) is 0 Å². The molecule has 0 atom stereocenters. The average Bonchev–Trinajstić information content (AvgIpc) is 2.24. The summed E-state index contributed by atoms with van der Waals surface area (Å²) in [6, 6.07) is -0.572. The molecule has 0 aromatic heterocycles. The number of alkyl halides is 3. The lowest BCUT2D eigenvalue weighted by Gasteiger charge is -2.26. The molecule has 19 heavy (non-hydrogen) atoms. The predicted molar refractivity (Wildman–Crippen MR) is 62.8 cm³/mol. The van der Waals surface area contributed by atoms with Crippen LogP contribution in [-0.4, -0.2) is 49.1 Å². The van der Waals surface area contributed by atoms with Crippen molar-refractivity contribution in [2.24, 2.45) is 10.9 Å². The smallest absolute Gasteiger partial charge is 0.402 e. The van der Waals surface area contributed by atoms with E-state index in [0.717, 1.165) is 4.31 Å². The zero-order chi connectivity index (χ0) is 15.3. The number of rotatable bonds is 7. The molecule has 0 aliphatic carbocycles. The zero-order valence-corrected chi connectivity index (χ0v) is 11.3. The molecule has 0 unspecified atom stereocenters. The minimum absolute atomic E-state index is 0.0956. The summed E-state index contributed by atoms with van der Waals surface area (Å²) in [4.78, 5) is 0. The maximum Gasteiger partial charge on any atom is 0.402 e. The van der Waals surface area contributed by atoms with Gasteiger partial charge in [0.15, 0.2) is 0 Å². The molecule has 0 saturated carbocycles. The van der Waals surface area contributed by atoms with Gasteiger partial charge in [-0.05, 0) is 13.8 Å². The third-order valence-corrected chi connectivity index (χ3v) is 3.79. The Morgan fingerprint density at radius 2 is 2.00 bits per heavy atom. The second-order valence-electron chi connectivity index (χ2n) is 3.99. The Kier molecular flexibility index (Phi) is 6.52. The molecule has 0 radical (unpaired) electrons. The highest BCUT2D eigenvalue weighted by Gasteiger charge is 2.32. The normalized spacial score (nSPS) is 14.4. The third-order valence-electron chi connectivity index (χ3n) is 2.06. The molecule has 0 fully saturated rings. The first-order valence-electron chi connectivity index (χ1n) is 5.29. The van der Waals surface area contributed by atoms with Crippen molar-refractivity contribution >= 4 is 16.0 Å². The number of nitrogens with two attached hydrogens (primary N) is 1. The fourth-order valence-corrected chi connectivity index (χ4v) is 2.59. The first-order valence-corrected chi connectivity index (χ1v) is 6.73. The lowest BCUT2D eigenvalue weighted by molar-refractivity contribution is -0.121. The van der Waals surface area contributed by atoms with E-state index in [-0.39, 0.29) is 18.8 Å². The molecule has 0 spiro atoms. The van der Waals surface area contributed by atoms with Gasteiger partial charge in [0.25, 0.3) is 10.2 Å². The quantitative estimate of drug-likeness (QED) is 0.271. The summed E-state index contributed by atoms with van der Waals surface area (Å²) in [5, 5.41) is 11.0. The van der Waals surface area contributed by atoms with Crippen molar-refractivity contribution in [3.8, 4) is 0 Å². The van der Waals surface area contributed by atoms with Crippen molar-refractivity contribution in [1.82, 2.24) is 9.03 Å². The van der Waals surface area contributed by atoms with Crippen molar-refractivity contribution in [2.75, 3.05) is 13.1 Å². The van der Waals surface area contributed by atoms with Crippen molar-refractivity contribution in [3.63, 3.8) is 0 Å². The summed E-state index contributed by atoms with van der Waals surface area (Å²) in [5.74, 6) is -0.211. The summed E-state index contributed by atoms with van der Waals surface area (Å²) in [7, 11) is -4.29. The van der Waals surface area contributed by atoms with Crippen molar-refractivity contribution in [2.45, 2.75) is 32.5 Å². The second-order valence-corrected chi connectivity index (χ2v) is 5.69. The summed E-state index contributed by atoms with van der Waals surface area (Å²) >= 11 is 0. The first-order chi connectivity index (χ1) is 8.49. The van der Waals surface area contributed by atoms with Gasteiger partial charge in [-0.15, -0.1) is 0 Å². The summed E-state index contributed by atoms with van der Waals surface area (Å²) in [5.41, 5.74) is 5.19. The highest BCUT2D eigenvalue weighted by atomic mass is 32.2. The van der Waals surface area contributed by atoms with Crippen molar-refractivity contribution < 1.29 is 26.8 Å². The van der Waals surface area contributed by atoms with Gasteiger partial charge in [-0.25, -0.2) is 0 Å². The number of hydrogen-bond donors (Lipinski definition) is 3. The maximum absolute atomic E-state index is 12.0. The minimum Gasteiger partial charge on any atom is -0.409 e. The van der Waals surface area contributed by atoms with Crippen LogP contribution in [0.3, 0.4) is 0 Å². The SMILES string of the molecule is CC(C)N(CCC(N)=NO)S(=O)(=O)NCC(F)(F)F. The fourth-order valence-electron chi connectivity index (χ4n) is 1.19. The molecule has 0 bridgehead atoms. The molecule has 114 valence electrons. The van der Waals surface area contributed by atoms with E-state index in [1.165, 1.54) is 18.6 Å². The topological polar surface area (TPSA) is 108 Å². The Balaban J connectivity index is 4.77. The molecule has 0 saturated heterocycles. The number of amidine groups is 1. The van der Waals surface area contributed by atoms with Crippen LogP contribution in [0.4, 0.5) is 13.2 Å². The molecule has 0 rings (SSSR count). The van der Waals surface area contributed by atoms with Crippen LogP contribution in [0.5, 0.6) is 0 Å². The van der Waals surface area contributed by atoms with E-state index in [0.29, 0.717) is 0 Å². The number of oxime groups is 1. The molecule has 0 aromatic carbocycles. The molecule has 7 nitrogen and oxygen atoms in total. The van der Waals surface area contributed by atoms with Crippen LogP contribution < -0.4 is 10.5 Å². The van der Waals surface area contributed by atoms with Crippen molar-refractivity contribution in [1.29, 1.82) is 0 Å². The van der Waals surface area contributed by atoms with E-state index in [1.54, 1.807) is 0 Å². The van der Waals surface area contributed by atoms with Crippen LogP contribution in [0, 0.1) is 0 Å². The van der Waals surface area contributed by atoms with Gasteiger partial charge in [-0.1, -0.05) is 5.16 Å². The molecule has 4 N–H and O–H groups in total. The van der Waals surface area contributed by atoms with Crippen LogP contribution >= 0.6 is 0 Å². The van der Waals surface area contributed by atoms with Gasteiger partial charge < -0.3 is 10.9 Å². The minimum atomic E-state index is -4.64. The third kappa shape index (κ3) is 7.18. The molecular weight excluding hydrogens is 289 g/mol. The summed E-state index contributed by atoms with van der Waals surface area (Å²) in [6.45, 7) is 1.15. The van der Waals surface area contributed by atoms with Crippen LogP contribution in [0.2, 0.25) is 0 Å². The Morgan fingerprint density at radius 3 is 2.37 bits per heavy atom. The predicted octanol–water partition coefficient (Wildman–Crippen LogP) is 0.230. The molecule has 0 aliphatic rings. The van der Waals surface area contributed by atoms with Gasteiger partial charge in [0.2, 0.25) is 0 Å². The molecule has 11 heteroatoms. The number of nitrogens with one attached hydrogen (secondary N) is 1. The second kappa shape index (κ2) is 6.91. The largest absolute Gasteiger partial charge is 0.409 e. The Labute approximate surface area is 109 Å². The maximum atomic E-state index is 12.0. The lowest BCUT2D eigenvalue weighted by Crippen LogP contribution is -2.48. The molecule has 0 amide bonds. The Morgan fingerprint density at radius 1 is 1.47 bits per heavy atom. The van der Waals surface area contributed by atoms with E-state index >= 15 is 0 Å². The first kappa shape index (κ1) is 17.9. The van der Waals surface area contributed by atoms with Gasteiger partial charge in [-0.3, -0.25) is 0 Å². The summed E-state index contributed by atoms with van der Waals surface area (Å²) in [6.07, 6.45) is -4.73. The highest BCUT2D eigenvalue weighted by molar-refractivity contribution is 7.87. The van der Waals surface area contributed by atoms with Gasteiger partial charge in [0, 0.05) is 19.0 Å². The van der Waals surface area contributed by atoms with E-state index in [9.17, 15) is 21.6 Å². The Bertz CT molecular complexity index is 408. The van der Waals surface area contributed by atoms with Gasteiger partial charge in [0.1, 0.15) is 12.4 Å². The number of hydrogen-bond acceptors (Lipinski definition) is 4. The van der Waals surface area contributed by atoms with E-state index in [4.69, 9.17) is 10.9 Å². The van der Waals surface area contributed by atoms with Crippen LogP contribution in [-0.2, 0) is 10.2 Å². The monoisotopic (exact) mass is 306 g/mol. The van der Waals surface area contributed by atoms with Crippen LogP contribution in [0.15, 0.2) is 5.16 Å². The van der Waals surface area contributed by atoms with E-state index in [2.05, 4.69) is 5.16 Å². The van der Waals surface area contributed by atoms with E-state index < -0.39 is 29.0 Å².